The summed E-state index contributed by atoms with van der Waals surface area (Å²) >= 11 is 1.43. The van der Waals surface area contributed by atoms with Gasteiger partial charge in [-0.1, -0.05) is 48.5 Å². The molecule has 7 heteroatoms. The number of hydrogen-bond donors (Lipinski definition) is 0. The van der Waals surface area contributed by atoms with Crippen molar-refractivity contribution < 1.29 is 13.2 Å². The Balaban J connectivity index is 1.77. The predicted octanol–water partition coefficient (Wildman–Crippen LogP) is 5.29. The van der Waals surface area contributed by atoms with Crippen LogP contribution in [0.2, 0.25) is 0 Å². The van der Waals surface area contributed by atoms with E-state index in [1.54, 1.807) is 37.3 Å². The van der Waals surface area contributed by atoms with Crippen LogP contribution < -0.4 is 0 Å². The van der Waals surface area contributed by atoms with Crippen molar-refractivity contribution in [1.82, 2.24) is 8.96 Å². The lowest BCUT2D eigenvalue weighted by molar-refractivity contribution is -0.116. The van der Waals surface area contributed by atoms with Crippen LogP contribution in [-0.4, -0.2) is 23.2 Å². The number of carbonyl (C=O) groups excluding carboxylic acids is 1. The molecule has 0 aliphatic heterocycles. The van der Waals surface area contributed by atoms with E-state index in [0.717, 1.165) is 27.0 Å². The van der Waals surface area contributed by atoms with E-state index >= 15 is 0 Å². The molecule has 0 aliphatic carbocycles. The fourth-order valence-corrected chi connectivity index (χ4v) is 6.20. The van der Waals surface area contributed by atoms with E-state index in [1.807, 2.05) is 47.8 Å². The Bertz CT molecular complexity index is 1550. The molecule has 0 fully saturated rings. The summed E-state index contributed by atoms with van der Waals surface area (Å²) in [6.45, 7) is 1.54. The molecule has 0 saturated carbocycles. The number of rotatable bonds is 5. The zero-order valence-electron chi connectivity index (χ0n) is 16.6. The number of hydrogen-bond acceptors (Lipinski definition) is 5. The van der Waals surface area contributed by atoms with Gasteiger partial charge in [-0.2, -0.15) is 0 Å². The zero-order chi connectivity index (χ0) is 21.6. The molecule has 2 heterocycles. The van der Waals surface area contributed by atoms with Gasteiger partial charge >= 0.3 is 0 Å². The minimum Gasteiger partial charge on any atom is -0.300 e. The third-order valence-corrected chi connectivity index (χ3v) is 7.75. The van der Waals surface area contributed by atoms with Gasteiger partial charge in [0.25, 0.3) is 10.0 Å². The van der Waals surface area contributed by atoms with Crippen molar-refractivity contribution in [2.45, 2.75) is 18.2 Å². The third kappa shape index (κ3) is 3.36. The number of thiazole rings is 1. The first kappa shape index (κ1) is 19.7. The van der Waals surface area contributed by atoms with Gasteiger partial charge in [0, 0.05) is 21.7 Å². The molecule has 5 aromatic rings. The van der Waals surface area contributed by atoms with Gasteiger partial charge < -0.3 is 0 Å². The molecule has 2 aromatic heterocycles. The topological polar surface area (TPSA) is 69.0 Å². The van der Waals surface area contributed by atoms with E-state index < -0.39 is 10.0 Å². The number of carbonyl (C=O) groups is 1. The number of fused-ring (bicyclic) bond motifs is 3. The zero-order valence-corrected chi connectivity index (χ0v) is 18.3. The first-order chi connectivity index (χ1) is 14.9. The van der Waals surface area contributed by atoms with Gasteiger partial charge in [-0.25, -0.2) is 17.4 Å². The number of benzene rings is 3. The van der Waals surface area contributed by atoms with E-state index in [9.17, 15) is 13.2 Å². The lowest BCUT2D eigenvalue weighted by Crippen LogP contribution is -2.12. The van der Waals surface area contributed by atoms with Crippen LogP contribution in [0.15, 0.2) is 83.1 Å². The average Bonchev–Trinajstić information content (AvgIpc) is 3.36. The SMILES string of the molecule is CC(=O)Cc1nc(-c2ccc3c4ccccc4n(S(=O)(=O)c4ccccc4)c3c2)cs1. The summed E-state index contributed by atoms with van der Waals surface area (Å²) in [6.07, 6.45) is 0.301. The summed E-state index contributed by atoms with van der Waals surface area (Å²) in [5, 5.41) is 4.38. The van der Waals surface area contributed by atoms with Gasteiger partial charge in [0.1, 0.15) is 10.8 Å². The highest BCUT2D eigenvalue weighted by molar-refractivity contribution is 7.90. The van der Waals surface area contributed by atoms with Crippen molar-refractivity contribution in [1.29, 1.82) is 0 Å². The Labute approximate surface area is 183 Å². The summed E-state index contributed by atoms with van der Waals surface area (Å²) in [7, 11) is -3.80. The van der Waals surface area contributed by atoms with Crippen molar-refractivity contribution in [3.05, 3.63) is 83.2 Å². The molecule has 3 aromatic carbocycles. The summed E-state index contributed by atoms with van der Waals surface area (Å²) < 4.78 is 28.6. The highest BCUT2D eigenvalue weighted by Gasteiger charge is 2.23. The number of para-hydroxylation sites is 1. The molecule has 31 heavy (non-hydrogen) atoms. The van der Waals surface area contributed by atoms with Crippen LogP contribution in [0.25, 0.3) is 33.1 Å². The number of ketones is 1. The molecule has 5 nitrogen and oxygen atoms in total. The lowest BCUT2D eigenvalue weighted by atomic mass is 10.1. The lowest BCUT2D eigenvalue weighted by Gasteiger charge is -2.09. The van der Waals surface area contributed by atoms with E-state index in [0.29, 0.717) is 17.5 Å². The molecule has 5 rings (SSSR count). The first-order valence-electron chi connectivity index (χ1n) is 9.73. The van der Waals surface area contributed by atoms with Gasteiger partial charge in [0.15, 0.2) is 0 Å². The Kier molecular flexibility index (Phi) is 4.72. The number of Topliss-reactive ketones (excluding diaryl/α,β-unsaturated/α-hetero) is 1. The van der Waals surface area contributed by atoms with Crippen molar-refractivity contribution in [3.63, 3.8) is 0 Å². The second-order valence-electron chi connectivity index (χ2n) is 7.34. The smallest absolute Gasteiger partial charge is 0.268 e. The molecule has 0 atom stereocenters. The summed E-state index contributed by atoms with van der Waals surface area (Å²) in [4.78, 5) is 16.2. The summed E-state index contributed by atoms with van der Waals surface area (Å²) in [5.41, 5.74) is 2.78. The van der Waals surface area contributed by atoms with E-state index in [-0.39, 0.29) is 10.7 Å². The summed E-state index contributed by atoms with van der Waals surface area (Å²) in [6, 6.07) is 21.7. The fraction of sp³-hybridized carbons (Fsp3) is 0.0833. The van der Waals surface area contributed by atoms with Crippen molar-refractivity contribution in [2.75, 3.05) is 0 Å². The standard InChI is InChI=1S/C24H18N2O3S2/c1-16(27)13-24-25-21(15-30-24)17-11-12-20-19-9-5-6-10-22(19)26(23(20)14-17)31(28,29)18-7-3-2-4-8-18/h2-12,14-15H,13H2,1H3. The van der Waals surface area contributed by atoms with Gasteiger partial charge in [0.2, 0.25) is 0 Å². The maximum Gasteiger partial charge on any atom is 0.268 e. The maximum atomic E-state index is 13.6. The Morgan fingerprint density at radius 2 is 1.65 bits per heavy atom. The molecule has 0 aliphatic rings. The molecule has 0 spiro atoms. The third-order valence-electron chi connectivity index (χ3n) is 5.16. The van der Waals surface area contributed by atoms with E-state index in [4.69, 9.17) is 0 Å². The number of nitrogens with zero attached hydrogens (tertiary/aromatic N) is 2. The molecular weight excluding hydrogens is 428 g/mol. The highest BCUT2D eigenvalue weighted by atomic mass is 32.2. The van der Waals surface area contributed by atoms with E-state index in [1.165, 1.54) is 15.3 Å². The second-order valence-corrected chi connectivity index (χ2v) is 10.1. The molecule has 154 valence electrons. The Morgan fingerprint density at radius 3 is 2.42 bits per heavy atom. The molecule has 0 bridgehead atoms. The monoisotopic (exact) mass is 446 g/mol. The quantitative estimate of drug-likeness (QED) is 0.368. The van der Waals surface area contributed by atoms with Gasteiger partial charge in [-0.15, -0.1) is 11.3 Å². The van der Waals surface area contributed by atoms with Crippen LogP contribution in [-0.2, 0) is 21.2 Å². The molecular formula is C24H18N2O3S2. The van der Waals surface area contributed by atoms with Gasteiger partial charge in [-0.05, 0) is 31.2 Å². The minimum atomic E-state index is -3.80. The second kappa shape index (κ2) is 7.44. The number of aromatic nitrogens is 2. The fourth-order valence-electron chi connectivity index (χ4n) is 3.79. The van der Waals surface area contributed by atoms with Crippen LogP contribution in [0.4, 0.5) is 0 Å². The van der Waals surface area contributed by atoms with Crippen LogP contribution >= 0.6 is 11.3 Å². The van der Waals surface area contributed by atoms with Crippen molar-refractivity contribution in [3.8, 4) is 11.3 Å². The Morgan fingerprint density at radius 1 is 0.935 bits per heavy atom. The Hall–Kier alpha value is -3.29. The predicted molar refractivity (Wildman–Crippen MR) is 124 cm³/mol. The highest BCUT2D eigenvalue weighted by Crippen LogP contribution is 2.35. The summed E-state index contributed by atoms with van der Waals surface area (Å²) in [5.74, 6) is 0.0606. The normalized spacial score (nSPS) is 11.9. The molecule has 0 unspecified atom stereocenters. The van der Waals surface area contributed by atoms with Gasteiger partial charge in [-0.3, -0.25) is 4.79 Å². The van der Waals surface area contributed by atoms with Crippen LogP contribution in [0.3, 0.4) is 0 Å². The van der Waals surface area contributed by atoms with Gasteiger partial charge in [0.05, 0.1) is 28.0 Å². The van der Waals surface area contributed by atoms with E-state index in [2.05, 4.69) is 4.98 Å². The minimum absolute atomic E-state index is 0.0606. The molecule has 0 amide bonds. The molecule has 0 N–H and O–H groups in total. The molecule has 0 saturated heterocycles. The van der Waals surface area contributed by atoms with Crippen molar-refractivity contribution >= 4 is 48.9 Å². The van der Waals surface area contributed by atoms with Crippen LogP contribution in [0.5, 0.6) is 0 Å². The molecule has 0 radical (unpaired) electrons. The first-order valence-corrected chi connectivity index (χ1v) is 12.0. The van der Waals surface area contributed by atoms with Crippen LogP contribution in [0.1, 0.15) is 11.9 Å². The van der Waals surface area contributed by atoms with Crippen molar-refractivity contribution in [2.24, 2.45) is 0 Å². The maximum absolute atomic E-state index is 13.6. The van der Waals surface area contributed by atoms with Crippen LogP contribution in [0, 0.1) is 0 Å². The average molecular weight is 447 g/mol. The largest absolute Gasteiger partial charge is 0.300 e.